The summed E-state index contributed by atoms with van der Waals surface area (Å²) in [6.45, 7) is 0.00909. The Bertz CT molecular complexity index is 727. The molecule has 0 atom stereocenters. The fraction of sp³-hybridized carbons (Fsp3) is 0.0714. The standard InChI is InChI=1S/C14H12FN3O3/c15-10-3-1-2-9(6-10)7-17-13(20)14(21)18-11-8-16-5-4-12(11)19/h1-6,8H,7H2,(H,16,19)(H,17,20)(H,18,21). The Balaban J connectivity index is 1.93. The molecule has 108 valence electrons. The second-order valence-electron chi connectivity index (χ2n) is 4.19. The maximum Gasteiger partial charge on any atom is 0.313 e. The topological polar surface area (TPSA) is 91.1 Å². The number of anilines is 1. The Labute approximate surface area is 119 Å². The Morgan fingerprint density at radius 1 is 1.19 bits per heavy atom. The predicted octanol–water partition coefficient (Wildman–Crippen LogP) is 0.769. The number of aromatic amines is 1. The molecular weight excluding hydrogens is 277 g/mol. The largest absolute Gasteiger partial charge is 0.366 e. The van der Waals surface area contributed by atoms with Gasteiger partial charge in [-0.15, -0.1) is 0 Å². The van der Waals surface area contributed by atoms with Gasteiger partial charge in [-0.25, -0.2) is 4.39 Å². The molecule has 2 amide bonds. The fourth-order valence-electron chi connectivity index (χ4n) is 1.60. The van der Waals surface area contributed by atoms with E-state index >= 15 is 0 Å². The number of carbonyl (C=O) groups excluding carboxylic acids is 2. The van der Waals surface area contributed by atoms with E-state index in [0.29, 0.717) is 5.56 Å². The van der Waals surface area contributed by atoms with Gasteiger partial charge in [-0.3, -0.25) is 14.4 Å². The van der Waals surface area contributed by atoms with Crippen LogP contribution in [0, 0.1) is 5.82 Å². The van der Waals surface area contributed by atoms with E-state index in [1.165, 1.54) is 36.7 Å². The molecule has 6 nitrogen and oxygen atoms in total. The zero-order valence-electron chi connectivity index (χ0n) is 10.9. The first kappa shape index (κ1) is 14.4. The first-order valence-electron chi connectivity index (χ1n) is 6.07. The number of benzene rings is 1. The molecule has 3 N–H and O–H groups in total. The van der Waals surface area contributed by atoms with Crippen LogP contribution < -0.4 is 16.1 Å². The van der Waals surface area contributed by atoms with Gasteiger partial charge in [-0.2, -0.15) is 0 Å². The van der Waals surface area contributed by atoms with Crippen molar-refractivity contribution in [2.24, 2.45) is 0 Å². The van der Waals surface area contributed by atoms with Crippen molar-refractivity contribution in [2.45, 2.75) is 6.54 Å². The van der Waals surface area contributed by atoms with Crippen molar-refractivity contribution >= 4 is 17.5 Å². The highest BCUT2D eigenvalue weighted by Crippen LogP contribution is 2.02. The number of nitrogens with one attached hydrogen (secondary N) is 3. The van der Waals surface area contributed by atoms with Gasteiger partial charge in [0.05, 0.1) is 0 Å². The highest BCUT2D eigenvalue weighted by molar-refractivity contribution is 6.39. The third-order valence-electron chi connectivity index (χ3n) is 2.62. The number of hydrogen-bond donors (Lipinski definition) is 3. The van der Waals surface area contributed by atoms with Crippen LogP contribution in [0.2, 0.25) is 0 Å². The van der Waals surface area contributed by atoms with Crippen molar-refractivity contribution in [2.75, 3.05) is 5.32 Å². The summed E-state index contributed by atoms with van der Waals surface area (Å²) in [5.74, 6) is -2.31. The highest BCUT2D eigenvalue weighted by atomic mass is 19.1. The normalized spacial score (nSPS) is 9.95. The molecule has 2 aromatic rings. The second kappa shape index (κ2) is 6.47. The Morgan fingerprint density at radius 3 is 2.71 bits per heavy atom. The van der Waals surface area contributed by atoms with E-state index < -0.39 is 23.1 Å². The molecule has 0 radical (unpaired) electrons. The lowest BCUT2D eigenvalue weighted by molar-refractivity contribution is -0.136. The summed E-state index contributed by atoms with van der Waals surface area (Å²) >= 11 is 0. The lowest BCUT2D eigenvalue weighted by atomic mass is 10.2. The lowest BCUT2D eigenvalue weighted by Crippen LogP contribution is -2.36. The molecule has 0 saturated carbocycles. The molecule has 1 aromatic carbocycles. The average Bonchev–Trinajstić information content (AvgIpc) is 2.47. The summed E-state index contributed by atoms with van der Waals surface area (Å²) in [6.07, 6.45) is 2.68. The summed E-state index contributed by atoms with van der Waals surface area (Å²) in [5, 5.41) is 4.52. The third-order valence-corrected chi connectivity index (χ3v) is 2.62. The molecule has 0 unspecified atom stereocenters. The zero-order chi connectivity index (χ0) is 15.2. The van der Waals surface area contributed by atoms with Gasteiger partial charge >= 0.3 is 11.8 Å². The third kappa shape index (κ3) is 4.00. The van der Waals surface area contributed by atoms with Crippen molar-refractivity contribution in [3.8, 4) is 0 Å². The quantitative estimate of drug-likeness (QED) is 0.729. The Hall–Kier alpha value is -2.96. The Kier molecular flexibility index (Phi) is 4.45. The van der Waals surface area contributed by atoms with Gasteiger partial charge in [0.1, 0.15) is 11.5 Å². The summed E-state index contributed by atoms with van der Waals surface area (Å²) in [6, 6.07) is 6.86. The van der Waals surface area contributed by atoms with E-state index in [-0.39, 0.29) is 12.2 Å². The molecule has 1 aromatic heterocycles. The van der Waals surface area contributed by atoms with Gasteiger partial charge < -0.3 is 15.6 Å². The van der Waals surface area contributed by atoms with E-state index in [1.807, 2.05) is 0 Å². The van der Waals surface area contributed by atoms with Crippen molar-refractivity contribution in [3.63, 3.8) is 0 Å². The van der Waals surface area contributed by atoms with Crippen LogP contribution in [0.25, 0.3) is 0 Å². The van der Waals surface area contributed by atoms with Crippen molar-refractivity contribution in [3.05, 3.63) is 64.3 Å². The van der Waals surface area contributed by atoms with Crippen LogP contribution in [0.1, 0.15) is 5.56 Å². The maximum absolute atomic E-state index is 13.0. The number of amides is 2. The van der Waals surface area contributed by atoms with Gasteiger partial charge in [0, 0.05) is 25.0 Å². The van der Waals surface area contributed by atoms with Crippen LogP contribution in [-0.4, -0.2) is 16.8 Å². The lowest BCUT2D eigenvalue weighted by Gasteiger charge is -2.06. The number of halogens is 1. The predicted molar refractivity (Wildman–Crippen MR) is 73.9 cm³/mol. The molecule has 0 saturated heterocycles. The van der Waals surface area contributed by atoms with Gasteiger partial charge in [-0.1, -0.05) is 12.1 Å². The molecule has 2 rings (SSSR count). The number of hydrogen-bond acceptors (Lipinski definition) is 3. The van der Waals surface area contributed by atoms with Crippen LogP contribution >= 0.6 is 0 Å². The highest BCUT2D eigenvalue weighted by Gasteiger charge is 2.14. The van der Waals surface area contributed by atoms with Crippen molar-refractivity contribution in [1.29, 1.82) is 0 Å². The molecule has 7 heteroatoms. The SMILES string of the molecule is O=C(NCc1cccc(F)c1)C(=O)Nc1c[nH]ccc1=O. The van der Waals surface area contributed by atoms with Gasteiger partial charge in [-0.05, 0) is 17.7 Å². The summed E-state index contributed by atoms with van der Waals surface area (Å²) < 4.78 is 13.0. The van der Waals surface area contributed by atoms with Gasteiger partial charge in [0.25, 0.3) is 0 Å². The maximum atomic E-state index is 13.0. The fourth-order valence-corrected chi connectivity index (χ4v) is 1.60. The van der Waals surface area contributed by atoms with Gasteiger partial charge in [0.2, 0.25) is 5.43 Å². The van der Waals surface area contributed by atoms with Crippen molar-refractivity contribution < 1.29 is 14.0 Å². The van der Waals surface area contributed by atoms with Gasteiger partial charge in [0.15, 0.2) is 0 Å². The van der Waals surface area contributed by atoms with Crippen LogP contribution in [0.15, 0.2) is 47.5 Å². The smallest absolute Gasteiger partial charge is 0.313 e. The molecule has 0 aliphatic rings. The summed E-state index contributed by atoms with van der Waals surface area (Å²) in [5.41, 5.74) is 0.0807. The molecule has 1 heterocycles. The van der Waals surface area contributed by atoms with Crippen LogP contribution in [0.3, 0.4) is 0 Å². The molecular formula is C14H12FN3O3. The van der Waals surface area contributed by atoms with E-state index in [4.69, 9.17) is 0 Å². The minimum Gasteiger partial charge on any atom is -0.366 e. The van der Waals surface area contributed by atoms with Crippen LogP contribution in [0.4, 0.5) is 10.1 Å². The number of H-pyrrole nitrogens is 1. The first-order valence-corrected chi connectivity index (χ1v) is 6.07. The Morgan fingerprint density at radius 2 is 2.00 bits per heavy atom. The van der Waals surface area contributed by atoms with Crippen LogP contribution in [0.5, 0.6) is 0 Å². The minimum absolute atomic E-state index is 0.00909. The zero-order valence-corrected chi connectivity index (χ0v) is 10.9. The van der Waals surface area contributed by atoms with Crippen LogP contribution in [-0.2, 0) is 16.1 Å². The van der Waals surface area contributed by atoms with E-state index in [9.17, 15) is 18.8 Å². The second-order valence-corrected chi connectivity index (χ2v) is 4.19. The van der Waals surface area contributed by atoms with E-state index in [0.717, 1.165) is 0 Å². The van der Waals surface area contributed by atoms with Crippen molar-refractivity contribution in [1.82, 2.24) is 10.3 Å². The monoisotopic (exact) mass is 289 g/mol. The number of pyridine rings is 1. The number of aromatic nitrogens is 1. The number of rotatable bonds is 3. The molecule has 21 heavy (non-hydrogen) atoms. The molecule has 0 fully saturated rings. The summed E-state index contributed by atoms with van der Waals surface area (Å²) in [7, 11) is 0. The number of carbonyl (C=O) groups is 2. The minimum atomic E-state index is -0.969. The average molecular weight is 289 g/mol. The molecule has 0 aliphatic carbocycles. The molecule has 0 spiro atoms. The molecule has 0 aliphatic heterocycles. The first-order chi connectivity index (χ1) is 10.1. The van der Waals surface area contributed by atoms with E-state index in [1.54, 1.807) is 6.07 Å². The van der Waals surface area contributed by atoms with E-state index in [2.05, 4.69) is 15.6 Å². The molecule has 0 bridgehead atoms. The summed E-state index contributed by atoms with van der Waals surface area (Å²) in [4.78, 5) is 37.2.